The van der Waals surface area contributed by atoms with Crippen LogP contribution in [0.3, 0.4) is 0 Å². The highest BCUT2D eigenvalue weighted by Crippen LogP contribution is 2.35. The molecule has 0 spiro atoms. The molecule has 1 atom stereocenters. The van der Waals surface area contributed by atoms with E-state index in [0.717, 1.165) is 12.0 Å². The monoisotopic (exact) mass is 343 g/mol. The van der Waals surface area contributed by atoms with Crippen LogP contribution in [0, 0.1) is 6.92 Å². The molecule has 0 aliphatic heterocycles. The third-order valence-electron chi connectivity index (χ3n) is 4.14. The van der Waals surface area contributed by atoms with E-state index in [2.05, 4.69) is 5.32 Å². The average Bonchev–Trinajstić information content (AvgIpc) is 2.65. The highest BCUT2D eigenvalue weighted by Gasteiger charge is 2.20. The predicted molar refractivity (Wildman–Crippen MR) is 97.8 cm³/mol. The Morgan fingerprint density at radius 2 is 1.52 bits per heavy atom. The normalized spacial score (nSPS) is 11.6. The van der Waals surface area contributed by atoms with Crippen molar-refractivity contribution in [3.8, 4) is 17.2 Å². The third-order valence-corrected chi connectivity index (χ3v) is 4.14. The van der Waals surface area contributed by atoms with Gasteiger partial charge < -0.3 is 19.5 Å². The molecule has 5 heteroatoms. The molecule has 0 saturated carbocycles. The van der Waals surface area contributed by atoms with Crippen molar-refractivity contribution in [2.24, 2.45) is 0 Å². The Kier molecular flexibility index (Phi) is 6.28. The molecular weight excluding hydrogens is 318 g/mol. The van der Waals surface area contributed by atoms with E-state index in [1.165, 1.54) is 19.8 Å². The minimum Gasteiger partial charge on any atom is -0.496 e. The highest BCUT2D eigenvalue weighted by atomic mass is 16.5. The van der Waals surface area contributed by atoms with Crippen LogP contribution in [0.15, 0.2) is 36.4 Å². The van der Waals surface area contributed by atoms with Crippen LogP contribution in [0.4, 0.5) is 0 Å². The fourth-order valence-electron chi connectivity index (χ4n) is 2.66. The van der Waals surface area contributed by atoms with Gasteiger partial charge in [0.25, 0.3) is 5.91 Å². The lowest BCUT2D eigenvalue weighted by Gasteiger charge is -2.19. The second-order valence-corrected chi connectivity index (χ2v) is 5.75. The fourth-order valence-corrected chi connectivity index (χ4v) is 2.66. The fraction of sp³-hybridized carbons (Fsp3) is 0.350. The van der Waals surface area contributed by atoms with Gasteiger partial charge in [-0.2, -0.15) is 0 Å². The van der Waals surface area contributed by atoms with Gasteiger partial charge in [-0.05, 0) is 18.9 Å². The molecule has 0 bridgehead atoms. The topological polar surface area (TPSA) is 56.8 Å². The molecule has 134 valence electrons. The molecule has 1 N–H and O–H groups in total. The Morgan fingerprint density at radius 1 is 0.960 bits per heavy atom. The molecule has 25 heavy (non-hydrogen) atoms. The van der Waals surface area contributed by atoms with Crippen LogP contribution in [-0.4, -0.2) is 27.2 Å². The zero-order valence-electron chi connectivity index (χ0n) is 15.4. The van der Waals surface area contributed by atoms with Gasteiger partial charge in [0.2, 0.25) is 0 Å². The lowest BCUT2D eigenvalue weighted by atomic mass is 10.0. The third kappa shape index (κ3) is 4.24. The lowest BCUT2D eigenvalue weighted by molar-refractivity contribution is 0.0932. The molecule has 0 saturated heterocycles. The molecule has 5 nitrogen and oxygen atoms in total. The van der Waals surface area contributed by atoms with Crippen LogP contribution in [-0.2, 0) is 0 Å². The smallest absolute Gasteiger partial charge is 0.255 e. The summed E-state index contributed by atoms with van der Waals surface area (Å²) in [6.07, 6.45) is 0.782. The van der Waals surface area contributed by atoms with E-state index >= 15 is 0 Å². The standard InChI is InChI=1S/C20H25NO4/c1-6-16(14-9-7-13(2)8-10-14)21-20(22)15-11-18(24-4)19(25-5)12-17(15)23-3/h7-12,16H,6H2,1-5H3,(H,21,22)/t16-/m1/s1. The lowest BCUT2D eigenvalue weighted by Crippen LogP contribution is -2.28. The van der Waals surface area contributed by atoms with Gasteiger partial charge >= 0.3 is 0 Å². The van der Waals surface area contributed by atoms with Crippen molar-refractivity contribution in [1.82, 2.24) is 5.32 Å². The van der Waals surface area contributed by atoms with E-state index < -0.39 is 0 Å². The number of methoxy groups -OCH3 is 3. The summed E-state index contributed by atoms with van der Waals surface area (Å²) in [6.45, 7) is 4.08. The van der Waals surface area contributed by atoms with Gasteiger partial charge in [0.15, 0.2) is 11.5 Å². The van der Waals surface area contributed by atoms with Crippen molar-refractivity contribution in [3.63, 3.8) is 0 Å². The Balaban J connectivity index is 2.31. The summed E-state index contributed by atoms with van der Waals surface area (Å²) in [5, 5.41) is 3.07. The Bertz CT molecular complexity index is 725. The first-order valence-electron chi connectivity index (χ1n) is 8.21. The van der Waals surface area contributed by atoms with Crippen LogP contribution in [0.25, 0.3) is 0 Å². The maximum atomic E-state index is 12.8. The zero-order valence-corrected chi connectivity index (χ0v) is 15.4. The average molecular weight is 343 g/mol. The van der Waals surface area contributed by atoms with Gasteiger partial charge in [-0.15, -0.1) is 0 Å². The summed E-state index contributed by atoms with van der Waals surface area (Å²) in [4.78, 5) is 12.8. The van der Waals surface area contributed by atoms with E-state index in [4.69, 9.17) is 14.2 Å². The van der Waals surface area contributed by atoms with Crippen molar-refractivity contribution in [3.05, 3.63) is 53.1 Å². The number of ether oxygens (including phenoxy) is 3. The van der Waals surface area contributed by atoms with Crippen LogP contribution in [0.1, 0.15) is 40.9 Å². The minimum atomic E-state index is -0.217. The molecule has 0 aliphatic carbocycles. The predicted octanol–water partition coefficient (Wildman–Crippen LogP) is 3.90. The van der Waals surface area contributed by atoms with E-state index in [-0.39, 0.29) is 11.9 Å². The van der Waals surface area contributed by atoms with Gasteiger partial charge in [-0.25, -0.2) is 0 Å². The largest absolute Gasteiger partial charge is 0.496 e. The number of aryl methyl sites for hydroxylation is 1. The highest BCUT2D eigenvalue weighted by molar-refractivity contribution is 5.98. The molecule has 0 aromatic heterocycles. The first kappa shape index (κ1) is 18.6. The summed E-state index contributed by atoms with van der Waals surface area (Å²) >= 11 is 0. The van der Waals surface area contributed by atoms with Crippen molar-refractivity contribution in [1.29, 1.82) is 0 Å². The van der Waals surface area contributed by atoms with Gasteiger partial charge in [-0.1, -0.05) is 36.8 Å². The zero-order chi connectivity index (χ0) is 18.4. The molecular formula is C20H25NO4. The second-order valence-electron chi connectivity index (χ2n) is 5.75. The summed E-state index contributed by atoms with van der Waals surface area (Å²) in [5.74, 6) is 1.22. The number of nitrogens with one attached hydrogen (secondary N) is 1. The van der Waals surface area contributed by atoms with Crippen LogP contribution >= 0.6 is 0 Å². The second kappa shape index (κ2) is 8.42. The van der Waals surface area contributed by atoms with Gasteiger partial charge in [0.1, 0.15) is 5.75 Å². The first-order valence-corrected chi connectivity index (χ1v) is 8.21. The number of hydrogen-bond donors (Lipinski definition) is 1. The van der Waals surface area contributed by atoms with Crippen LogP contribution in [0.5, 0.6) is 17.2 Å². The maximum absolute atomic E-state index is 12.8. The molecule has 0 radical (unpaired) electrons. The molecule has 0 heterocycles. The minimum absolute atomic E-state index is 0.0779. The van der Waals surface area contributed by atoms with E-state index in [1.807, 2.05) is 38.1 Å². The molecule has 2 aromatic carbocycles. The van der Waals surface area contributed by atoms with Crippen LogP contribution < -0.4 is 19.5 Å². The molecule has 0 fully saturated rings. The van der Waals surface area contributed by atoms with Crippen LogP contribution in [0.2, 0.25) is 0 Å². The molecule has 1 amide bonds. The van der Waals surface area contributed by atoms with Crippen molar-refractivity contribution >= 4 is 5.91 Å². The Labute approximate surface area is 148 Å². The first-order chi connectivity index (χ1) is 12.0. The Hall–Kier alpha value is -2.69. The molecule has 0 aliphatic rings. The number of amides is 1. The maximum Gasteiger partial charge on any atom is 0.255 e. The quantitative estimate of drug-likeness (QED) is 0.828. The summed E-state index contributed by atoms with van der Waals surface area (Å²) < 4.78 is 15.9. The summed E-state index contributed by atoms with van der Waals surface area (Å²) in [5.41, 5.74) is 2.66. The number of rotatable bonds is 7. The van der Waals surface area contributed by atoms with Gasteiger partial charge in [-0.3, -0.25) is 4.79 Å². The summed E-state index contributed by atoms with van der Waals surface area (Å²) in [6, 6.07) is 11.4. The van der Waals surface area contributed by atoms with E-state index in [0.29, 0.717) is 22.8 Å². The molecule has 2 aromatic rings. The molecule has 0 unspecified atom stereocenters. The van der Waals surface area contributed by atoms with Crippen molar-refractivity contribution < 1.29 is 19.0 Å². The number of benzene rings is 2. The number of hydrogen-bond acceptors (Lipinski definition) is 4. The number of carbonyl (C=O) groups is 1. The van der Waals surface area contributed by atoms with Gasteiger partial charge in [0.05, 0.1) is 32.9 Å². The van der Waals surface area contributed by atoms with Gasteiger partial charge in [0, 0.05) is 12.1 Å². The van der Waals surface area contributed by atoms with Crippen molar-refractivity contribution in [2.45, 2.75) is 26.3 Å². The Morgan fingerprint density at radius 3 is 2.04 bits per heavy atom. The number of carbonyl (C=O) groups excluding carboxylic acids is 1. The molecule has 2 rings (SSSR count). The summed E-state index contributed by atoms with van der Waals surface area (Å²) in [7, 11) is 4.60. The van der Waals surface area contributed by atoms with E-state index in [9.17, 15) is 4.79 Å². The SMILES string of the molecule is CC[C@@H](NC(=O)c1cc(OC)c(OC)cc1OC)c1ccc(C)cc1. The van der Waals surface area contributed by atoms with Crippen molar-refractivity contribution in [2.75, 3.05) is 21.3 Å². The van der Waals surface area contributed by atoms with E-state index in [1.54, 1.807) is 19.2 Å².